The maximum Gasteiger partial charge on any atom is 0.0951 e. The Kier molecular flexibility index (Phi) is 4.81. The maximum atomic E-state index is 6.30. The Hall–Kier alpha value is -0.830. The van der Waals surface area contributed by atoms with Gasteiger partial charge in [-0.25, -0.2) is 4.98 Å². The fraction of sp³-hybridized carbons (Fsp3) is 0.800. The average molecular weight is 249 g/mol. The molecular formula is C15H27N3. The Morgan fingerprint density at radius 3 is 2.39 bits per heavy atom. The number of hydrogen-bond acceptors (Lipinski definition) is 2. The number of aromatic nitrogens is 2. The summed E-state index contributed by atoms with van der Waals surface area (Å²) in [5.41, 5.74) is 7.52. The van der Waals surface area contributed by atoms with Crippen LogP contribution in [0.15, 0.2) is 12.5 Å². The van der Waals surface area contributed by atoms with Gasteiger partial charge in [0, 0.05) is 18.3 Å². The Bertz CT molecular complexity index is 348. The first-order valence-electron chi connectivity index (χ1n) is 7.47. The molecule has 0 saturated heterocycles. The van der Waals surface area contributed by atoms with Crippen molar-refractivity contribution in [3.8, 4) is 0 Å². The topological polar surface area (TPSA) is 43.8 Å². The lowest BCUT2D eigenvalue weighted by molar-refractivity contribution is 0.351. The molecule has 1 aliphatic carbocycles. The molecule has 1 aromatic heterocycles. The molecule has 0 radical (unpaired) electrons. The van der Waals surface area contributed by atoms with E-state index in [0.29, 0.717) is 12.0 Å². The molecule has 2 N–H and O–H groups in total. The molecule has 18 heavy (non-hydrogen) atoms. The lowest BCUT2D eigenvalue weighted by atomic mass is 9.95. The van der Waals surface area contributed by atoms with E-state index in [4.69, 9.17) is 5.73 Å². The van der Waals surface area contributed by atoms with E-state index < -0.39 is 0 Å². The van der Waals surface area contributed by atoms with Crippen molar-refractivity contribution in [1.82, 2.24) is 9.55 Å². The first kappa shape index (κ1) is 13.6. The molecule has 1 aliphatic rings. The van der Waals surface area contributed by atoms with Gasteiger partial charge < -0.3 is 10.3 Å². The molecule has 0 aromatic carbocycles. The van der Waals surface area contributed by atoms with E-state index in [1.807, 2.05) is 12.5 Å². The van der Waals surface area contributed by atoms with Crippen LogP contribution in [0.3, 0.4) is 0 Å². The van der Waals surface area contributed by atoms with Crippen molar-refractivity contribution in [3.63, 3.8) is 0 Å². The second-order valence-electron chi connectivity index (χ2n) is 5.99. The van der Waals surface area contributed by atoms with Crippen LogP contribution in [0, 0.1) is 5.92 Å². The largest absolute Gasteiger partial charge is 0.330 e. The van der Waals surface area contributed by atoms with Crippen molar-refractivity contribution < 1.29 is 0 Å². The molecule has 1 atom stereocenters. The average Bonchev–Trinajstić information content (AvgIpc) is 2.76. The van der Waals surface area contributed by atoms with Crippen molar-refractivity contribution in [2.45, 2.75) is 70.9 Å². The van der Waals surface area contributed by atoms with E-state index in [1.165, 1.54) is 50.6 Å². The Morgan fingerprint density at radius 1 is 1.17 bits per heavy atom. The first-order valence-corrected chi connectivity index (χ1v) is 7.47. The molecule has 1 aromatic rings. The molecular weight excluding hydrogens is 222 g/mol. The van der Waals surface area contributed by atoms with Gasteiger partial charge in [0.2, 0.25) is 0 Å². The van der Waals surface area contributed by atoms with Gasteiger partial charge in [-0.1, -0.05) is 46.0 Å². The minimum absolute atomic E-state index is 0.109. The third-order valence-corrected chi connectivity index (χ3v) is 4.22. The molecule has 2 rings (SSSR count). The quantitative estimate of drug-likeness (QED) is 0.885. The number of rotatable bonds is 3. The third kappa shape index (κ3) is 3.14. The normalized spacial score (nSPS) is 20.7. The minimum Gasteiger partial charge on any atom is -0.330 e. The highest BCUT2D eigenvalue weighted by molar-refractivity contribution is 5.07. The number of hydrogen-bond donors (Lipinski definition) is 1. The second kappa shape index (κ2) is 6.37. The summed E-state index contributed by atoms with van der Waals surface area (Å²) in [7, 11) is 0. The van der Waals surface area contributed by atoms with Crippen LogP contribution in [-0.2, 0) is 0 Å². The van der Waals surface area contributed by atoms with Crippen LogP contribution in [0.2, 0.25) is 0 Å². The zero-order chi connectivity index (χ0) is 13.0. The van der Waals surface area contributed by atoms with Gasteiger partial charge in [0.05, 0.1) is 12.0 Å². The predicted molar refractivity (Wildman–Crippen MR) is 75.3 cm³/mol. The van der Waals surface area contributed by atoms with Crippen LogP contribution in [0.4, 0.5) is 0 Å². The van der Waals surface area contributed by atoms with E-state index in [2.05, 4.69) is 23.4 Å². The molecule has 3 heteroatoms. The van der Waals surface area contributed by atoms with E-state index in [9.17, 15) is 0 Å². The summed E-state index contributed by atoms with van der Waals surface area (Å²) in [6.07, 6.45) is 13.4. The molecule has 1 saturated carbocycles. The number of nitrogens with two attached hydrogens (primary N) is 1. The smallest absolute Gasteiger partial charge is 0.0951 e. The van der Waals surface area contributed by atoms with Gasteiger partial charge in [-0.2, -0.15) is 0 Å². The van der Waals surface area contributed by atoms with Crippen molar-refractivity contribution in [2.24, 2.45) is 11.7 Å². The van der Waals surface area contributed by atoms with Crippen LogP contribution in [-0.4, -0.2) is 9.55 Å². The van der Waals surface area contributed by atoms with E-state index in [0.717, 1.165) is 0 Å². The van der Waals surface area contributed by atoms with E-state index in [-0.39, 0.29) is 6.04 Å². The van der Waals surface area contributed by atoms with Crippen molar-refractivity contribution in [1.29, 1.82) is 0 Å². The minimum atomic E-state index is 0.109. The summed E-state index contributed by atoms with van der Waals surface area (Å²) in [6, 6.07) is 0.727. The summed E-state index contributed by atoms with van der Waals surface area (Å²) >= 11 is 0. The zero-order valence-electron chi connectivity index (χ0n) is 11.8. The van der Waals surface area contributed by atoms with Crippen molar-refractivity contribution in [3.05, 3.63) is 18.2 Å². The highest BCUT2D eigenvalue weighted by Gasteiger charge is 2.20. The zero-order valence-corrected chi connectivity index (χ0v) is 11.8. The summed E-state index contributed by atoms with van der Waals surface area (Å²) in [5, 5.41) is 0. The Labute approximate surface area is 111 Å². The predicted octanol–water partition coefficient (Wildman–Crippen LogP) is 3.82. The summed E-state index contributed by atoms with van der Waals surface area (Å²) in [6.45, 7) is 4.36. The van der Waals surface area contributed by atoms with Gasteiger partial charge in [0.1, 0.15) is 0 Å². The fourth-order valence-corrected chi connectivity index (χ4v) is 2.93. The summed E-state index contributed by atoms with van der Waals surface area (Å²) in [4.78, 5) is 4.34. The van der Waals surface area contributed by atoms with Crippen LogP contribution in [0.25, 0.3) is 0 Å². The molecule has 0 bridgehead atoms. The lowest BCUT2D eigenvalue weighted by Gasteiger charge is -2.26. The van der Waals surface area contributed by atoms with Gasteiger partial charge in [-0.05, 0) is 18.8 Å². The van der Waals surface area contributed by atoms with Gasteiger partial charge in [0.25, 0.3) is 0 Å². The lowest BCUT2D eigenvalue weighted by Crippen LogP contribution is -2.23. The molecule has 1 fully saturated rings. The van der Waals surface area contributed by atoms with Gasteiger partial charge in [-0.15, -0.1) is 0 Å². The Balaban J connectivity index is 2.13. The molecule has 1 heterocycles. The molecule has 0 aliphatic heterocycles. The van der Waals surface area contributed by atoms with Crippen LogP contribution in [0.5, 0.6) is 0 Å². The summed E-state index contributed by atoms with van der Waals surface area (Å²) in [5.74, 6) is 0.467. The Morgan fingerprint density at radius 2 is 1.78 bits per heavy atom. The monoisotopic (exact) mass is 249 g/mol. The second-order valence-corrected chi connectivity index (χ2v) is 5.99. The van der Waals surface area contributed by atoms with Gasteiger partial charge in [-0.3, -0.25) is 0 Å². The van der Waals surface area contributed by atoms with E-state index in [1.54, 1.807) is 0 Å². The summed E-state index contributed by atoms with van der Waals surface area (Å²) < 4.78 is 2.36. The first-order chi connectivity index (χ1) is 8.70. The van der Waals surface area contributed by atoms with Gasteiger partial charge in [0.15, 0.2) is 0 Å². The van der Waals surface area contributed by atoms with E-state index >= 15 is 0 Å². The van der Waals surface area contributed by atoms with Crippen molar-refractivity contribution in [2.75, 3.05) is 0 Å². The van der Waals surface area contributed by atoms with Crippen LogP contribution >= 0.6 is 0 Å². The molecule has 102 valence electrons. The highest BCUT2D eigenvalue weighted by atomic mass is 15.1. The molecule has 0 amide bonds. The maximum absolute atomic E-state index is 6.30. The SMILES string of the molecule is CC(C)C(N)c1cncn1C1CCCCCCC1. The van der Waals surface area contributed by atoms with Crippen LogP contribution < -0.4 is 5.73 Å². The third-order valence-electron chi connectivity index (χ3n) is 4.22. The van der Waals surface area contributed by atoms with Crippen molar-refractivity contribution >= 4 is 0 Å². The number of imidazole rings is 1. The fourth-order valence-electron chi connectivity index (χ4n) is 2.93. The molecule has 3 nitrogen and oxygen atoms in total. The highest BCUT2D eigenvalue weighted by Crippen LogP contribution is 2.30. The van der Waals surface area contributed by atoms with Gasteiger partial charge >= 0.3 is 0 Å². The standard InChI is InChI=1S/C15H27N3/c1-12(2)15(16)14-10-17-11-18(14)13-8-6-4-3-5-7-9-13/h10-13,15H,3-9,16H2,1-2H3. The molecule has 0 spiro atoms. The van der Waals surface area contributed by atoms with Crippen LogP contribution in [0.1, 0.15) is 76.6 Å². The molecule has 1 unspecified atom stereocenters. The number of nitrogens with zero attached hydrogens (tertiary/aromatic N) is 2.